The van der Waals surface area contributed by atoms with E-state index in [-0.39, 0.29) is 17.7 Å². The molecule has 2 aliphatic rings. The topological polar surface area (TPSA) is 58.7 Å². The molecule has 5 heteroatoms. The van der Waals surface area contributed by atoms with E-state index in [2.05, 4.69) is 11.9 Å². The number of amides is 1. The summed E-state index contributed by atoms with van der Waals surface area (Å²) >= 11 is 0. The van der Waals surface area contributed by atoms with Crippen LogP contribution in [-0.4, -0.2) is 23.8 Å². The van der Waals surface area contributed by atoms with Crippen LogP contribution < -0.4 is 5.73 Å². The first-order valence-electron chi connectivity index (χ1n) is 9.00. The Morgan fingerprint density at radius 2 is 2.00 bits per heavy atom. The van der Waals surface area contributed by atoms with Crippen molar-refractivity contribution in [2.75, 3.05) is 7.05 Å². The van der Waals surface area contributed by atoms with Gasteiger partial charge < -0.3 is 5.73 Å². The summed E-state index contributed by atoms with van der Waals surface area (Å²) < 4.78 is 14.8. The molecule has 1 fully saturated rings. The minimum Gasteiger partial charge on any atom is -0.369 e. The molecule has 1 saturated carbocycles. The third-order valence-electron chi connectivity index (χ3n) is 6.28. The van der Waals surface area contributed by atoms with Gasteiger partial charge in [-0.05, 0) is 63.5 Å². The summed E-state index contributed by atoms with van der Waals surface area (Å²) in [4.78, 5) is 18.7. The van der Waals surface area contributed by atoms with E-state index in [1.165, 1.54) is 23.8 Å². The molecular weight excluding hydrogens is 317 g/mol. The van der Waals surface area contributed by atoms with Crippen LogP contribution in [0, 0.1) is 23.1 Å². The van der Waals surface area contributed by atoms with Gasteiger partial charge in [-0.15, -0.1) is 0 Å². The number of benzene rings is 1. The van der Waals surface area contributed by atoms with Gasteiger partial charge in [0.05, 0.1) is 5.41 Å². The van der Waals surface area contributed by atoms with Crippen LogP contribution in [0.4, 0.5) is 4.39 Å². The van der Waals surface area contributed by atoms with Crippen LogP contribution in [0.3, 0.4) is 0 Å². The maximum Gasteiger partial charge on any atom is 0.237 e. The summed E-state index contributed by atoms with van der Waals surface area (Å²) in [5.41, 5.74) is 5.55. The highest BCUT2D eigenvalue weighted by Crippen LogP contribution is 2.47. The zero-order chi connectivity index (χ0) is 18.6. The van der Waals surface area contributed by atoms with Crippen LogP contribution in [0.5, 0.6) is 0 Å². The minimum absolute atomic E-state index is 0.128. The predicted molar refractivity (Wildman–Crippen MR) is 97.5 cm³/mol. The summed E-state index contributed by atoms with van der Waals surface area (Å²) in [6.45, 7) is 7.67. The quantitative estimate of drug-likeness (QED) is 0.909. The summed E-state index contributed by atoms with van der Waals surface area (Å²) in [5.74, 6) is 1.01. The Bertz CT molecular complexity index is 738. The molecule has 0 bridgehead atoms. The van der Waals surface area contributed by atoms with Crippen LogP contribution in [0.1, 0.15) is 51.7 Å². The van der Waals surface area contributed by atoms with Gasteiger partial charge in [-0.3, -0.25) is 9.69 Å². The van der Waals surface area contributed by atoms with Gasteiger partial charge >= 0.3 is 0 Å². The molecule has 25 heavy (non-hydrogen) atoms. The first-order valence-corrected chi connectivity index (χ1v) is 9.00. The summed E-state index contributed by atoms with van der Waals surface area (Å²) in [6, 6.07) is 5.23. The molecule has 2 atom stereocenters. The van der Waals surface area contributed by atoms with Crippen molar-refractivity contribution in [1.29, 1.82) is 0 Å². The van der Waals surface area contributed by atoms with Crippen LogP contribution in [-0.2, 0) is 16.8 Å². The number of carbonyl (C=O) groups excluding carboxylic acids is 1. The van der Waals surface area contributed by atoms with Crippen molar-refractivity contribution in [3.8, 4) is 0 Å². The van der Waals surface area contributed by atoms with Gasteiger partial charge in [0.1, 0.15) is 11.4 Å². The molecule has 1 unspecified atom stereocenters. The van der Waals surface area contributed by atoms with Crippen molar-refractivity contribution in [1.82, 2.24) is 4.90 Å². The minimum atomic E-state index is -1.04. The van der Waals surface area contributed by atoms with Crippen molar-refractivity contribution < 1.29 is 9.18 Å². The third kappa shape index (κ3) is 2.83. The van der Waals surface area contributed by atoms with E-state index in [9.17, 15) is 9.18 Å². The average Bonchev–Trinajstić information content (AvgIpc) is 3.38. The highest BCUT2D eigenvalue weighted by atomic mass is 19.1. The van der Waals surface area contributed by atoms with Gasteiger partial charge in [0, 0.05) is 12.6 Å². The molecule has 0 aromatic heterocycles. The van der Waals surface area contributed by atoms with Crippen molar-refractivity contribution in [2.24, 2.45) is 28.0 Å². The molecule has 1 aliphatic carbocycles. The van der Waals surface area contributed by atoms with Gasteiger partial charge in [0.15, 0.2) is 5.96 Å². The van der Waals surface area contributed by atoms with Gasteiger partial charge in [-0.2, -0.15) is 0 Å². The molecule has 2 N–H and O–H groups in total. The normalized spacial score (nSPS) is 27.2. The smallest absolute Gasteiger partial charge is 0.237 e. The molecule has 4 nitrogen and oxygen atoms in total. The number of hydrogen-bond donors (Lipinski definition) is 1. The fourth-order valence-electron chi connectivity index (χ4n) is 3.85. The predicted octanol–water partition coefficient (Wildman–Crippen LogP) is 3.44. The number of guanidine groups is 1. The Morgan fingerprint density at radius 1 is 1.36 bits per heavy atom. The number of carbonyl (C=O) groups is 1. The lowest BCUT2D eigenvalue weighted by Crippen LogP contribution is -2.58. The standard InChI is InChI=1S/C20H28FN3O/c1-12(14-7-8-14)10-13-6-9-16(21)15(11-13)20(4)19(2,3)17(25)24(5)18(22)23-20/h6,9,11-12,14H,7-8,10H2,1-5H3,(H2,22,23)/t12?,20-/m1/s1. The largest absolute Gasteiger partial charge is 0.369 e. The molecule has 1 amide bonds. The average molecular weight is 345 g/mol. The Kier molecular flexibility index (Phi) is 4.17. The molecule has 0 saturated heterocycles. The summed E-state index contributed by atoms with van der Waals surface area (Å²) in [5, 5.41) is 0. The van der Waals surface area contributed by atoms with Crippen LogP contribution in [0.25, 0.3) is 0 Å². The van der Waals surface area contributed by atoms with Crippen LogP contribution >= 0.6 is 0 Å². The Labute approximate surface area is 149 Å². The number of hydrogen-bond acceptors (Lipinski definition) is 3. The zero-order valence-electron chi connectivity index (χ0n) is 15.8. The SMILES string of the molecule is CC(Cc1ccc(F)c([C@@]2(C)N=C(N)N(C)C(=O)C2(C)C)c1)C1CC1. The Morgan fingerprint density at radius 3 is 2.60 bits per heavy atom. The number of nitrogens with two attached hydrogens (primary N) is 1. The Hall–Kier alpha value is -1.91. The maximum absolute atomic E-state index is 14.8. The van der Waals surface area contributed by atoms with E-state index >= 15 is 0 Å². The first kappa shape index (κ1) is 17.9. The number of nitrogens with zero attached hydrogens (tertiary/aromatic N) is 2. The highest BCUT2D eigenvalue weighted by Gasteiger charge is 2.53. The van der Waals surface area contributed by atoms with Crippen LogP contribution in [0.15, 0.2) is 23.2 Å². The second-order valence-electron chi connectivity index (χ2n) is 8.36. The van der Waals surface area contributed by atoms with Crippen LogP contribution in [0.2, 0.25) is 0 Å². The number of rotatable bonds is 4. The number of halogens is 1. The lowest BCUT2D eigenvalue weighted by molar-refractivity contribution is -0.140. The molecule has 1 aliphatic heterocycles. The maximum atomic E-state index is 14.8. The third-order valence-corrected chi connectivity index (χ3v) is 6.28. The van der Waals surface area contributed by atoms with Gasteiger partial charge in [-0.1, -0.05) is 19.1 Å². The first-order chi connectivity index (χ1) is 11.6. The molecule has 1 aromatic carbocycles. The monoisotopic (exact) mass is 345 g/mol. The second kappa shape index (κ2) is 5.82. The zero-order valence-corrected chi connectivity index (χ0v) is 15.8. The molecule has 3 rings (SSSR count). The highest BCUT2D eigenvalue weighted by molar-refractivity contribution is 6.01. The molecule has 1 aromatic rings. The van der Waals surface area contributed by atoms with Gasteiger partial charge in [0.25, 0.3) is 0 Å². The molecule has 1 heterocycles. The molecule has 0 radical (unpaired) electrons. The van der Waals surface area contributed by atoms with Crippen molar-refractivity contribution >= 4 is 11.9 Å². The molecular formula is C20H28FN3O. The Balaban J connectivity index is 2.05. The lowest BCUT2D eigenvalue weighted by atomic mass is 9.67. The van der Waals surface area contributed by atoms with Crippen molar-refractivity contribution in [2.45, 2.75) is 52.5 Å². The lowest BCUT2D eigenvalue weighted by Gasteiger charge is -2.46. The van der Waals surface area contributed by atoms with Crippen molar-refractivity contribution in [3.05, 3.63) is 35.1 Å². The van der Waals surface area contributed by atoms with E-state index in [0.29, 0.717) is 11.5 Å². The van der Waals surface area contributed by atoms with Gasteiger partial charge in [0.2, 0.25) is 5.91 Å². The van der Waals surface area contributed by atoms with E-state index in [4.69, 9.17) is 5.73 Å². The van der Waals surface area contributed by atoms with E-state index in [0.717, 1.165) is 17.9 Å². The second-order valence-corrected chi connectivity index (χ2v) is 8.36. The fourth-order valence-corrected chi connectivity index (χ4v) is 3.85. The molecule has 0 spiro atoms. The van der Waals surface area contributed by atoms with E-state index < -0.39 is 11.0 Å². The van der Waals surface area contributed by atoms with E-state index in [1.807, 2.05) is 12.1 Å². The fraction of sp³-hybridized carbons (Fsp3) is 0.600. The van der Waals surface area contributed by atoms with Crippen molar-refractivity contribution in [3.63, 3.8) is 0 Å². The summed E-state index contributed by atoms with van der Waals surface area (Å²) in [6.07, 6.45) is 3.50. The number of aliphatic imine (C=N–C) groups is 1. The summed E-state index contributed by atoms with van der Waals surface area (Å²) in [7, 11) is 1.60. The van der Waals surface area contributed by atoms with E-state index in [1.54, 1.807) is 27.8 Å². The molecule has 136 valence electrons. The van der Waals surface area contributed by atoms with Gasteiger partial charge in [-0.25, -0.2) is 9.38 Å².